The molecule has 0 radical (unpaired) electrons. The first kappa shape index (κ1) is 18.9. The maximum atomic E-state index is 13.2. The van der Waals surface area contributed by atoms with Crippen LogP contribution in [0.3, 0.4) is 0 Å². The fraction of sp³-hybridized carbons (Fsp3) is 0.611. The largest absolute Gasteiger partial charge is 0.356 e. The van der Waals surface area contributed by atoms with E-state index in [4.69, 9.17) is 0 Å². The van der Waals surface area contributed by atoms with Gasteiger partial charge >= 0.3 is 0 Å². The lowest BCUT2D eigenvalue weighted by atomic mass is 9.95. The van der Waals surface area contributed by atoms with E-state index >= 15 is 0 Å². The SMILES string of the molecule is CCS(=O)C1CCCC(NC(=NC)NCCc2cccc(F)c2)C1. The molecule has 0 spiro atoms. The number of guanidine groups is 1. The second kappa shape index (κ2) is 9.77. The van der Waals surface area contributed by atoms with Gasteiger partial charge in [0.1, 0.15) is 5.82 Å². The van der Waals surface area contributed by atoms with E-state index in [1.807, 2.05) is 13.0 Å². The monoisotopic (exact) mass is 353 g/mol. The van der Waals surface area contributed by atoms with Crippen molar-refractivity contribution in [2.45, 2.75) is 50.3 Å². The molecule has 2 rings (SSSR count). The minimum absolute atomic E-state index is 0.202. The second-order valence-electron chi connectivity index (χ2n) is 6.18. The van der Waals surface area contributed by atoms with Crippen molar-refractivity contribution in [2.24, 2.45) is 4.99 Å². The maximum Gasteiger partial charge on any atom is 0.191 e. The van der Waals surface area contributed by atoms with Crippen molar-refractivity contribution in [3.8, 4) is 0 Å². The minimum Gasteiger partial charge on any atom is -0.356 e. The number of aliphatic imine (C=N–C) groups is 1. The third kappa shape index (κ3) is 5.89. The molecule has 3 atom stereocenters. The Morgan fingerprint density at radius 3 is 2.96 bits per heavy atom. The predicted octanol–water partition coefficient (Wildman–Crippen LogP) is 2.61. The van der Waals surface area contributed by atoms with Crippen LogP contribution in [0.4, 0.5) is 4.39 Å². The Kier molecular flexibility index (Phi) is 7.69. The summed E-state index contributed by atoms with van der Waals surface area (Å²) in [5.74, 6) is 1.30. The Morgan fingerprint density at radius 1 is 1.42 bits per heavy atom. The molecule has 134 valence electrons. The van der Waals surface area contributed by atoms with Crippen LogP contribution in [0.1, 0.15) is 38.2 Å². The lowest BCUT2D eigenvalue weighted by Gasteiger charge is -2.30. The normalized spacial score (nSPS) is 22.9. The number of nitrogens with zero attached hydrogens (tertiary/aromatic N) is 1. The Hall–Kier alpha value is -1.43. The molecular formula is C18H28FN3OS. The summed E-state index contributed by atoms with van der Waals surface area (Å²) in [5, 5.41) is 7.02. The highest BCUT2D eigenvalue weighted by Crippen LogP contribution is 2.22. The quantitative estimate of drug-likeness (QED) is 0.611. The van der Waals surface area contributed by atoms with E-state index < -0.39 is 10.8 Å². The van der Waals surface area contributed by atoms with Crippen molar-refractivity contribution in [1.82, 2.24) is 10.6 Å². The van der Waals surface area contributed by atoms with Gasteiger partial charge in [0.15, 0.2) is 5.96 Å². The van der Waals surface area contributed by atoms with Crippen molar-refractivity contribution < 1.29 is 8.60 Å². The van der Waals surface area contributed by atoms with Gasteiger partial charge in [0.05, 0.1) is 0 Å². The Morgan fingerprint density at radius 2 is 2.25 bits per heavy atom. The minimum atomic E-state index is -0.719. The molecule has 4 nitrogen and oxygen atoms in total. The maximum absolute atomic E-state index is 13.2. The fourth-order valence-corrected chi connectivity index (χ4v) is 4.50. The van der Waals surface area contributed by atoms with Gasteiger partial charge in [-0.2, -0.15) is 0 Å². The number of halogens is 1. The van der Waals surface area contributed by atoms with Crippen molar-refractivity contribution in [3.63, 3.8) is 0 Å². The van der Waals surface area contributed by atoms with Crippen LogP contribution in [0.15, 0.2) is 29.3 Å². The van der Waals surface area contributed by atoms with Gasteiger partial charge in [-0.3, -0.25) is 9.20 Å². The third-order valence-electron chi connectivity index (χ3n) is 4.44. The van der Waals surface area contributed by atoms with E-state index in [1.165, 1.54) is 6.07 Å². The second-order valence-corrected chi connectivity index (χ2v) is 8.18. The number of benzene rings is 1. The van der Waals surface area contributed by atoms with Crippen LogP contribution >= 0.6 is 0 Å². The molecule has 3 unspecified atom stereocenters. The fourth-order valence-electron chi connectivity index (χ4n) is 3.16. The number of rotatable bonds is 6. The molecule has 1 aliphatic rings. The van der Waals surface area contributed by atoms with Crippen molar-refractivity contribution >= 4 is 16.8 Å². The molecule has 0 amide bonds. The van der Waals surface area contributed by atoms with Crippen LogP contribution < -0.4 is 10.6 Å². The van der Waals surface area contributed by atoms with E-state index in [9.17, 15) is 8.60 Å². The molecule has 1 aliphatic carbocycles. The molecule has 0 aliphatic heterocycles. The highest BCUT2D eigenvalue weighted by Gasteiger charge is 2.25. The Balaban J connectivity index is 1.78. The van der Waals surface area contributed by atoms with Crippen molar-refractivity contribution in [3.05, 3.63) is 35.6 Å². The molecule has 0 aromatic heterocycles. The van der Waals surface area contributed by atoms with Gasteiger partial charge in [-0.25, -0.2) is 4.39 Å². The van der Waals surface area contributed by atoms with E-state index in [0.29, 0.717) is 17.8 Å². The lowest BCUT2D eigenvalue weighted by molar-refractivity contribution is 0.413. The molecule has 0 saturated heterocycles. The van der Waals surface area contributed by atoms with Crippen LogP contribution in [0.25, 0.3) is 0 Å². The third-order valence-corrected chi connectivity index (χ3v) is 6.18. The summed E-state index contributed by atoms with van der Waals surface area (Å²) in [6.45, 7) is 2.68. The summed E-state index contributed by atoms with van der Waals surface area (Å²) < 4.78 is 25.2. The first-order chi connectivity index (χ1) is 11.6. The number of hydrogen-bond acceptors (Lipinski definition) is 2. The van der Waals surface area contributed by atoms with Crippen molar-refractivity contribution in [1.29, 1.82) is 0 Å². The summed E-state index contributed by atoms with van der Waals surface area (Å²) in [5.41, 5.74) is 0.967. The van der Waals surface area contributed by atoms with Gasteiger partial charge in [0, 0.05) is 41.4 Å². The average Bonchev–Trinajstić information content (AvgIpc) is 2.60. The topological polar surface area (TPSA) is 53.5 Å². The molecule has 2 N–H and O–H groups in total. The predicted molar refractivity (Wildman–Crippen MR) is 99.3 cm³/mol. The van der Waals surface area contributed by atoms with Gasteiger partial charge in [-0.15, -0.1) is 0 Å². The molecule has 0 heterocycles. The first-order valence-electron chi connectivity index (χ1n) is 8.71. The Bertz CT molecular complexity index is 579. The molecule has 1 aromatic carbocycles. The standard InChI is InChI=1S/C18H28FN3OS/c1-3-24(23)17-9-5-8-16(13-17)22-18(20-2)21-11-10-14-6-4-7-15(19)12-14/h4,6-7,12,16-17H,3,5,8-11,13H2,1-2H3,(H2,20,21,22). The summed E-state index contributed by atoms with van der Waals surface area (Å²) in [4.78, 5) is 4.27. The summed E-state index contributed by atoms with van der Waals surface area (Å²) in [7, 11) is 1.03. The van der Waals surface area contributed by atoms with Gasteiger partial charge in [-0.05, 0) is 43.4 Å². The van der Waals surface area contributed by atoms with Gasteiger partial charge in [0.2, 0.25) is 0 Å². The zero-order valence-corrected chi connectivity index (χ0v) is 15.4. The molecule has 1 aromatic rings. The summed E-state index contributed by atoms with van der Waals surface area (Å²) >= 11 is 0. The molecule has 24 heavy (non-hydrogen) atoms. The molecule has 0 bridgehead atoms. The highest BCUT2D eigenvalue weighted by atomic mass is 32.2. The molecule has 1 fully saturated rings. The van der Waals surface area contributed by atoms with Gasteiger partial charge < -0.3 is 10.6 Å². The zero-order chi connectivity index (χ0) is 17.4. The smallest absolute Gasteiger partial charge is 0.191 e. The number of nitrogens with one attached hydrogen (secondary N) is 2. The zero-order valence-electron chi connectivity index (χ0n) is 14.6. The van der Waals surface area contributed by atoms with Crippen LogP contribution in [0.2, 0.25) is 0 Å². The summed E-state index contributed by atoms with van der Waals surface area (Å²) in [6.07, 6.45) is 4.93. The van der Waals surface area contributed by atoms with E-state index in [0.717, 1.165) is 49.4 Å². The lowest BCUT2D eigenvalue weighted by Crippen LogP contribution is -2.47. The highest BCUT2D eigenvalue weighted by molar-refractivity contribution is 7.85. The van der Waals surface area contributed by atoms with Gasteiger partial charge in [-0.1, -0.05) is 25.5 Å². The molecular weight excluding hydrogens is 325 g/mol. The van der Waals surface area contributed by atoms with Crippen molar-refractivity contribution in [2.75, 3.05) is 19.3 Å². The van der Waals surface area contributed by atoms with E-state index in [2.05, 4.69) is 15.6 Å². The Labute approximate surface area is 146 Å². The van der Waals surface area contributed by atoms with Gasteiger partial charge in [0.25, 0.3) is 0 Å². The van der Waals surface area contributed by atoms with Crippen LogP contribution in [0.5, 0.6) is 0 Å². The number of hydrogen-bond donors (Lipinski definition) is 2. The molecule has 6 heteroatoms. The molecule has 1 saturated carbocycles. The summed E-state index contributed by atoms with van der Waals surface area (Å²) in [6, 6.07) is 6.99. The first-order valence-corrected chi connectivity index (χ1v) is 10.1. The van der Waals surface area contributed by atoms with E-state index in [1.54, 1.807) is 19.2 Å². The van der Waals surface area contributed by atoms with Crippen LogP contribution in [-0.2, 0) is 17.2 Å². The van der Waals surface area contributed by atoms with Crippen LogP contribution in [-0.4, -0.2) is 40.8 Å². The van der Waals surface area contributed by atoms with E-state index in [-0.39, 0.29) is 5.82 Å². The van der Waals surface area contributed by atoms with Crippen LogP contribution in [0, 0.1) is 5.82 Å². The average molecular weight is 354 g/mol.